The summed E-state index contributed by atoms with van der Waals surface area (Å²) in [5.74, 6) is 0.487. The lowest BCUT2D eigenvalue weighted by atomic mass is 10.1. The number of rotatable bonds is 8. The van der Waals surface area contributed by atoms with Crippen LogP contribution in [-0.2, 0) is 10.0 Å². The Hall–Kier alpha value is -0.620. The van der Waals surface area contributed by atoms with E-state index in [4.69, 9.17) is 11.6 Å². The maximum Gasteiger partial charge on any atom is 0.212 e. The molecule has 0 aliphatic rings. The Morgan fingerprint density at radius 1 is 1.22 bits per heavy atom. The van der Waals surface area contributed by atoms with Crippen molar-refractivity contribution < 1.29 is 13.5 Å². The monoisotopic (exact) mass is 291 g/mol. The minimum Gasteiger partial charge on any atom is -0.394 e. The van der Waals surface area contributed by atoms with Gasteiger partial charge in [-0.2, -0.15) is 0 Å². The number of benzene rings is 1. The molecule has 0 bridgehead atoms. The van der Waals surface area contributed by atoms with Crippen LogP contribution in [0, 0.1) is 0 Å². The molecule has 0 aliphatic heterocycles. The van der Waals surface area contributed by atoms with E-state index in [0.717, 1.165) is 5.56 Å². The van der Waals surface area contributed by atoms with Gasteiger partial charge in [0, 0.05) is 5.88 Å². The highest BCUT2D eigenvalue weighted by molar-refractivity contribution is 7.89. The summed E-state index contributed by atoms with van der Waals surface area (Å²) in [6.45, 7) is -0.265. The Morgan fingerprint density at radius 2 is 1.89 bits per heavy atom. The summed E-state index contributed by atoms with van der Waals surface area (Å²) in [5.41, 5.74) is 0.751. The fraction of sp³-hybridized carbons (Fsp3) is 0.500. The summed E-state index contributed by atoms with van der Waals surface area (Å²) in [5, 5.41) is 9.27. The van der Waals surface area contributed by atoms with E-state index in [1.165, 1.54) is 0 Å². The van der Waals surface area contributed by atoms with Crippen molar-refractivity contribution in [3.63, 3.8) is 0 Å². The lowest BCUT2D eigenvalue weighted by Crippen LogP contribution is -2.32. The molecule has 0 saturated carbocycles. The number of alkyl halides is 1. The summed E-state index contributed by atoms with van der Waals surface area (Å²) >= 11 is 5.50. The number of hydrogen-bond donors (Lipinski definition) is 2. The fourth-order valence-electron chi connectivity index (χ4n) is 1.56. The van der Waals surface area contributed by atoms with Gasteiger partial charge in [0.1, 0.15) is 0 Å². The van der Waals surface area contributed by atoms with Gasteiger partial charge in [-0.25, -0.2) is 13.1 Å². The molecule has 1 aromatic rings. The van der Waals surface area contributed by atoms with Gasteiger partial charge in [0.05, 0.1) is 18.4 Å². The number of aliphatic hydroxyl groups is 1. The molecule has 0 radical (unpaired) electrons. The van der Waals surface area contributed by atoms with Crippen LogP contribution in [0.5, 0.6) is 0 Å². The minimum absolute atomic E-state index is 0.0308. The number of hydrogen-bond acceptors (Lipinski definition) is 3. The van der Waals surface area contributed by atoms with Gasteiger partial charge in [0.25, 0.3) is 0 Å². The predicted molar refractivity (Wildman–Crippen MR) is 73.1 cm³/mol. The smallest absolute Gasteiger partial charge is 0.212 e. The van der Waals surface area contributed by atoms with Crippen molar-refractivity contribution in [2.45, 2.75) is 18.9 Å². The van der Waals surface area contributed by atoms with Gasteiger partial charge in [-0.05, 0) is 18.4 Å². The molecule has 1 atom stereocenters. The standard InChI is InChI=1S/C12H18ClNO3S/c13-8-4-5-9-18(16,17)14-12(10-15)11-6-2-1-3-7-11/h1-3,6-7,12,14-15H,4-5,8-10H2. The van der Waals surface area contributed by atoms with Crippen molar-refractivity contribution in [1.29, 1.82) is 0 Å². The zero-order valence-corrected chi connectivity index (χ0v) is 11.6. The second-order valence-electron chi connectivity index (χ2n) is 3.98. The number of nitrogens with one attached hydrogen (secondary N) is 1. The Bertz CT molecular complexity index is 436. The Labute approximate surface area is 113 Å². The quantitative estimate of drug-likeness (QED) is 0.565. The van der Waals surface area contributed by atoms with Crippen LogP contribution in [0.3, 0.4) is 0 Å². The van der Waals surface area contributed by atoms with Gasteiger partial charge in [0.15, 0.2) is 0 Å². The lowest BCUT2D eigenvalue weighted by Gasteiger charge is -2.16. The largest absolute Gasteiger partial charge is 0.394 e. The van der Waals surface area contributed by atoms with Crippen molar-refractivity contribution in [2.75, 3.05) is 18.2 Å². The fourth-order valence-corrected chi connectivity index (χ4v) is 3.09. The van der Waals surface area contributed by atoms with E-state index in [2.05, 4.69) is 4.72 Å². The zero-order valence-electron chi connectivity index (χ0n) is 10.0. The lowest BCUT2D eigenvalue weighted by molar-refractivity contribution is 0.259. The summed E-state index contributed by atoms with van der Waals surface area (Å²) in [6, 6.07) is 8.42. The first-order chi connectivity index (χ1) is 8.59. The van der Waals surface area contributed by atoms with E-state index >= 15 is 0 Å². The average Bonchev–Trinajstić information content (AvgIpc) is 2.37. The average molecular weight is 292 g/mol. The predicted octanol–water partition coefficient (Wildman–Crippen LogP) is 1.66. The number of aliphatic hydroxyl groups excluding tert-OH is 1. The molecule has 102 valence electrons. The topological polar surface area (TPSA) is 66.4 Å². The van der Waals surface area contributed by atoms with Crippen LogP contribution in [0.25, 0.3) is 0 Å². The Balaban J connectivity index is 2.63. The molecular formula is C12H18ClNO3S. The van der Waals surface area contributed by atoms with Crippen LogP contribution in [0.4, 0.5) is 0 Å². The zero-order chi connectivity index (χ0) is 13.4. The molecule has 0 aliphatic carbocycles. The molecule has 0 saturated heterocycles. The van der Waals surface area contributed by atoms with Gasteiger partial charge in [-0.1, -0.05) is 30.3 Å². The summed E-state index contributed by atoms with van der Waals surface area (Å²) in [4.78, 5) is 0. The second-order valence-corrected chi connectivity index (χ2v) is 6.23. The molecule has 6 heteroatoms. The molecular weight excluding hydrogens is 274 g/mol. The van der Waals surface area contributed by atoms with E-state index in [1.54, 1.807) is 24.3 Å². The minimum atomic E-state index is -3.38. The number of sulfonamides is 1. The molecule has 2 N–H and O–H groups in total. The first-order valence-electron chi connectivity index (χ1n) is 5.81. The molecule has 1 rings (SSSR count). The Morgan fingerprint density at radius 3 is 2.44 bits per heavy atom. The maximum absolute atomic E-state index is 11.8. The SMILES string of the molecule is O=S(=O)(CCCCCl)NC(CO)c1ccccc1. The van der Waals surface area contributed by atoms with Crippen LogP contribution in [0.1, 0.15) is 24.4 Å². The third-order valence-electron chi connectivity index (χ3n) is 2.50. The van der Waals surface area contributed by atoms with E-state index in [-0.39, 0.29) is 12.4 Å². The summed E-state index contributed by atoms with van der Waals surface area (Å²) in [6.07, 6.45) is 1.18. The summed E-state index contributed by atoms with van der Waals surface area (Å²) in [7, 11) is -3.38. The van der Waals surface area contributed by atoms with Gasteiger partial charge in [-0.3, -0.25) is 0 Å². The molecule has 18 heavy (non-hydrogen) atoms. The van der Waals surface area contributed by atoms with E-state index < -0.39 is 16.1 Å². The highest BCUT2D eigenvalue weighted by Gasteiger charge is 2.18. The van der Waals surface area contributed by atoms with Crippen LogP contribution >= 0.6 is 11.6 Å². The van der Waals surface area contributed by atoms with E-state index in [1.807, 2.05) is 6.07 Å². The number of halogens is 1. The van der Waals surface area contributed by atoms with Crippen molar-refractivity contribution in [3.8, 4) is 0 Å². The van der Waals surface area contributed by atoms with Crippen LogP contribution < -0.4 is 4.72 Å². The molecule has 0 spiro atoms. The van der Waals surface area contributed by atoms with E-state index in [0.29, 0.717) is 18.7 Å². The van der Waals surface area contributed by atoms with Crippen LogP contribution in [0.15, 0.2) is 30.3 Å². The van der Waals surface area contributed by atoms with Crippen molar-refractivity contribution in [1.82, 2.24) is 4.72 Å². The molecule has 1 aromatic carbocycles. The normalized spacial score (nSPS) is 13.4. The molecule has 4 nitrogen and oxygen atoms in total. The van der Waals surface area contributed by atoms with Gasteiger partial charge < -0.3 is 5.11 Å². The van der Waals surface area contributed by atoms with E-state index in [9.17, 15) is 13.5 Å². The van der Waals surface area contributed by atoms with Crippen LogP contribution in [-0.4, -0.2) is 31.8 Å². The number of unbranched alkanes of at least 4 members (excludes halogenated alkanes) is 1. The van der Waals surface area contributed by atoms with Gasteiger partial charge >= 0.3 is 0 Å². The molecule has 0 fully saturated rings. The maximum atomic E-state index is 11.8. The summed E-state index contributed by atoms with van der Waals surface area (Å²) < 4.78 is 26.1. The highest BCUT2D eigenvalue weighted by Crippen LogP contribution is 2.13. The van der Waals surface area contributed by atoms with Crippen LogP contribution in [0.2, 0.25) is 0 Å². The van der Waals surface area contributed by atoms with Crippen molar-refractivity contribution in [2.24, 2.45) is 0 Å². The molecule has 0 heterocycles. The second kappa shape index (κ2) is 7.74. The highest BCUT2D eigenvalue weighted by atomic mass is 35.5. The third kappa shape index (κ3) is 5.35. The van der Waals surface area contributed by atoms with Gasteiger partial charge in [-0.15, -0.1) is 11.6 Å². The first kappa shape index (κ1) is 15.4. The van der Waals surface area contributed by atoms with Crippen molar-refractivity contribution >= 4 is 21.6 Å². The third-order valence-corrected chi connectivity index (χ3v) is 4.24. The van der Waals surface area contributed by atoms with Crippen molar-refractivity contribution in [3.05, 3.63) is 35.9 Å². The van der Waals surface area contributed by atoms with Gasteiger partial charge in [0.2, 0.25) is 10.0 Å². The first-order valence-corrected chi connectivity index (χ1v) is 7.99. The molecule has 1 unspecified atom stereocenters. The Kier molecular flexibility index (Phi) is 6.63. The molecule has 0 amide bonds. The molecule has 0 aromatic heterocycles.